The molecule has 164 valence electrons. The van der Waals surface area contributed by atoms with Crippen LogP contribution in [0.15, 0.2) is 48.5 Å². The molecule has 31 heavy (non-hydrogen) atoms. The molecule has 1 amide bonds. The SMILES string of the molecule is CCOC(=O)COc1ccc(NC(=O)[C@@]23C[C@@H]2CN(c2ccc(Cl)cc2)S3(=O)=O)cc1. The predicted octanol–water partition coefficient (Wildman–Crippen LogP) is 2.83. The van der Waals surface area contributed by atoms with Crippen LogP contribution in [0.4, 0.5) is 11.4 Å². The van der Waals surface area contributed by atoms with Gasteiger partial charge in [0.1, 0.15) is 5.75 Å². The largest absolute Gasteiger partial charge is 0.482 e. The summed E-state index contributed by atoms with van der Waals surface area (Å²) in [5.41, 5.74) is 0.931. The maximum Gasteiger partial charge on any atom is 0.344 e. The number of nitrogens with one attached hydrogen (secondary N) is 1. The van der Waals surface area contributed by atoms with Gasteiger partial charge in [0.05, 0.1) is 12.3 Å². The molecule has 2 atom stereocenters. The van der Waals surface area contributed by atoms with E-state index in [-0.39, 0.29) is 25.7 Å². The van der Waals surface area contributed by atoms with Gasteiger partial charge >= 0.3 is 5.97 Å². The van der Waals surface area contributed by atoms with Crippen molar-refractivity contribution in [1.82, 2.24) is 0 Å². The molecule has 1 saturated heterocycles. The molecule has 0 radical (unpaired) electrons. The van der Waals surface area contributed by atoms with Gasteiger partial charge in [-0.15, -0.1) is 0 Å². The summed E-state index contributed by atoms with van der Waals surface area (Å²) in [6, 6.07) is 12.8. The minimum Gasteiger partial charge on any atom is -0.482 e. The van der Waals surface area contributed by atoms with Crippen LogP contribution >= 0.6 is 11.6 Å². The summed E-state index contributed by atoms with van der Waals surface area (Å²) in [6.07, 6.45) is 0.298. The van der Waals surface area contributed by atoms with Crippen LogP contribution < -0.4 is 14.4 Å². The highest BCUT2D eigenvalue weighted by atomic mass is 35.5. The highest BCUT2D eigenvalue weighted by Crippen LogP contribution is 2.58. The van der Waals surface area contributed by atoms with Crippen molar-refractivity contribution < 1.29 is 27.5 Å². The van der Waals surface area contributed by atoms with Crippen molar-refractivity contribution in [3.8, 4) is 5.75 Å². The molecule has 10 heteroatoms. The molecule has 2 aliphatic rings. The highest BCUT2D eigenvalue weighted by molar-refractivity contribution is 7.95. The summed E-state index contributed by atoms with van der Waals surface area (Å²) in [4.78, 5) is 24.3. The van der Waals surface area contributed by atoms with Crippen LogP contribution in [-0.2, 0) is 24.3 Å². The summed E-state index contributed by atoms with van der Waals surface area (Å²) < 4.78 is 36.3. The van der Waals surface area contributed by atoms with Gasteiger partial charge in [-0.2, -0.15) is 0 Å². The topological polar surface area (TPSA) is 102 Å². The Hall–Kier alpha value is -2.78. The zero-order valence-corrected chi connectivity index (χ0v) is 18.3. The summed E-state index contributed by atoms with van der Waals surface area (Å²) in [6.45, 7) is 2.02. The van der Waals surface area contributed by atoms with E-state index < -0.39 is 26.6 Å². The molecule has 1 aliphatic heterocycles. The van der Waals surface area contributed by atoms with Crippen LogP contribution in [0.2, 0.25) is 5.02 Å². The van der Waals surface area contributed by atoms with E-state index in [1.807, 2.05) is 0 Å². The first-order valence-electron chi connectivity index (χ1n) is 9.75. The van der Waals surface area contributed by atoms with Gasteiger partial charge in [-0.1, -0.05) is 11.6 Å². The summed E-state index contributed by atoms with van der Waals surface area (Å²) in [7, 11) is -3.87. The number of fused-ring (bicyclic) bond motifs is 1. The first kappa shape index (κ1) is 21.5. The molecule has 1 heterocycles. The highest BCUT2D eigenvalue weighted by Gasteiger charge is 2.75. The quantitative estimate of drug-likeness (QED) is 0.632. The van der Waals surface area contributed by atoms with Crippen molar-refractivity contribution in [3.63, 3.8) is 0 Å². The monoisotopic (exact) mass is 464 g/mol. The van der Waals surface area contributed by atoms with Crippen molar-refractivity contribution >= 4 is 44.9 Å². The lowest BCUT2D eigenvalue weighted by Gasteiger charge is -2.23. The van der Waals surface area contributed by atoms with Gasteiger partial charge in [-0.3, -0.25) is 9.10 Å². The van der Waals surface area contributed by atoms with Gasteiger partial charge < -0.3 is 14.8 Å². The Bertz CT molecular complexity index is 1100. The van der Waals surface area contributed by atoms with E-state index in [0.717, 1.165) is 0 Å². The fourth-order valence-corrected chi connectivity index (χ4v) is 6.28. The standard InChI is InChI=1S/C21H21ClN2O6S/c1-2-29-19(25)13-30-18-9-5-16(6-10-18)23-20(26)21-11-14(21)12-24(31(21,27)28)17-7-3-15(22)4-8-17/h3-10,14H,2,11-13H2,1H3,(H,23,26)/t14-,21-/m1/s1. The second kappa shape index (κ2) is 8.05. The van der Waals surface area contributed by atoms with Crippen LogP contribution in [0, 0.1) is 5.92 Å². The Kier molecular flexibility index (Phi) is 5.57. The third-order valence-electron chi connectivity index (χ3n) is 5.46. The van der Waals surface area contributed by atoms with E-state index in [0.29, 0.717) is 28.6 Å². The molecule has 1 N–H and O–H groups in total. The minimum absolute atomic E-state index is 0.219. The van der Waals surface area contributed by atoms with E-state index in [4.69, 9.17) is 21.1 Å². The summed E-state index contributed by atoms with van der Waals surface area (Å²) in [5.74, 6) is -0.860. The number of rotatable bonds is 7. The molecule has 0 aromatic heterocycles. The zero-order valence-electron chi connectivity index (χ0n) is 16.7. The molecular weight excluding hydrogens is 444 g/mol. The minimum atomic E-state index is -3.87. The lowest BCUT2D eigenvalue weighted by atomic mass is 10.2. The Morgan fingerprint density at radius 3 is 2.48 bits per heavy atom. The van der Waals surface area contributed by atoms with E-state index >= 15 is 0 Å². The molecule has 0 unspecified atom stereocenters. The molecular formula is C21H21ClN2O6S. The number of benzene rings is 2. The maximum absolute atomic E-state index is 13.2. The Morgan fingerprint density at radius 2 is 1.84 bits per heavy atom. The number of esters is 1. The normalized spacial score (nSPS) is 23.0. The second-order valence-electron chi connectivity index (χ2n) is 7.38. The maximum atomic E-state index is 13.2. The van der Waals surface area contributed by atoms with E-state index in [1.165, 1.54) is 4.31 Å². The number of sulfonamides is 1. The number of anilines is 2. The molecule has 2 fully saturated rings. The van der Waals surface area contributed by atoms with E-state index in [2.05, 4.69) is 5.32 Å². The third kappa shape index (κ3) is 3.83. The number of halogens is 1. The number of hydrogen-bond acceptors (Lipinski definition) is 6. The Morgan fingerprint density at radius 1 is 1.16 bits per heavy atom. The number of carbonyl (C=O) groups excluding carboxylic acids is 2. The van der Waals surface area contributed by atoms with Crippen LogP contribution in [0.1, 0.15) is 13.3 Å². The lowest BCUT2D eigenvalue weighted by molar-refractivity contribution is -0.145. The van der Waals surface area contributed by atoms with Crippen LogP contribution in [0.25, 0.3) is 0 Å². The fourth-order valence-electron chi connectivity index (χ4n) is 3.79. The predicted molar refractivity (Wildman–Crippen MR) is 116 cm³/mol. The van der Waals surface area contributed by atoms with Crippen molar-refractivity contribution in [2.75, 3.05) is 29.4 Å². The molecule has 8 nitrogen and oxygen atoms in total. The molecule has 4 rings (SSSR count). The molecule has 0 bridgehead atoms. The smallest absolute Gasteiger partial charge is 0.344 e. The van der Waals surface area contributed by atoms with Crippen molar-refractivity contribution in [2.45, 2.75) is 18.1 Å². The molecule has 2 aromatic carbocycles. The molecule has 1 aliphatic carbocycles. The first-order valence-corrected chi connectivity index (χ1v) is 11.6. The Labute approximate surface area is 185 Å². The van der Waals surface area contributed by atoms with E-state index in [1.54, 1.807) is 55.5 Å². The zero-order chi connectivity index (χ0) is 22.2. The second-order valence-corrected chi connectivity index (χ2v) is 9.93. The average molecular weight is 465 g/mol. The van der Waals surface area contributed by atoms with Crippen LogP contribution in [-0.4, -0.2) is 44.8 Å². The van der Waals surface area contributed by atoms with Gasteiger partial charge in [0.15, 0.2) is 11.4 Å². The number of hydrogen-bond donors (Lipinski definition) is 1. The van der Waals surface area contributed by atoms with E-state index in [9.17, 15) is 18.0 Å². The molecule has 1 saturated carbocycles. The average Bonchev–Trinajstić information content (AvgIpc) is 3.44. The Balaban J connectivity index is 1.43. The van der Waals surface area contributed by atoms with Crippen molar-refractivity contribution in [2.24, 2.45) is 5.92 Å². The van der Waals surface area contributed by atoms with Gasteiger partial charge in [-0.25, -0.2) is 13.2 Å². The number of ether oxygens (including phenoxy) is 2. The fraction of sp³-hybridized carbons (Fsp3) is 0.333. The molecule has 2 aromatic rings. The van der Waals surface area contributed by atoms with Gasteiger partial charge in [-0.05, 0) is 61.9 Å². The van der Waals surface area contributed by atoms with Crippen molar-refractivity contribution in [3.05, 3.63) is 53.6 Å². The number of carbonyl (C=O) groups is 2. The van der Waals surface area contributed by atoms with Gasteiger partial charge in [0.25, 0.3) is 0 Å². The lowest BCUT2D eigenvalue weighted by Crippen LogP contribution is -2.42. The summed E-state index contributed by atoms with van der Waals surface area (Å²) >= 11 is 5.89. The first-order chi connectivity index (χ1) is 14.8. The number of amides is 1. The van der Waals surface area contributed by atoms with Gasteiger partial charge in [0.2, 0.25) is 15.9 Å². The van der Waals surface area contributed by atoms with Crippen molar-refractivity contribution in [1.29, 1.82) is 0 Å². The molecule has 0 spiro atoms. The van der Waals surface area contributed by atoms with Gasteiger partial charge in [0, 0.05) is 23.2 Å². The third-order valence-corrected chi connectivity index (χ3v) is 8.26. The van der Waals surface area contributed by atoms with Crippen LogP contribution in [0.5, 0.6) is 5.75 Å². The summed E-state index contributed by atoms with van der Waals surface area (Å²) in [5, 5.41) is 3.21. The number of nitrogens with zero attached hydrogens (tertiary/aromatic N) is 1. The van der Waals surface area contributed by atoms with Crippen LogP contribution in [0.3, 0.4) is 0 Å².